The monoisotopic (exact) mass is 737 g/mol. The quantitative estimate of drug-likeness (QED) is 0.147. The van der Waals surface area contributed by atoms with Crippen LogP contribution in [0.2, 0.25) is 0 Å². The molecule has 13 nitrogen and oxygen atoms in total. The summed E-state index contributed by atoms with van der Waals surface area (Å²) in [6, 6.07) is 2.11. The molecule has 4 fully saturated rings. The molecule has 10 unspecified atom stereocenters. The van der Waals surface area contributed by atoms with Crippen molar-refractivity contribution in [1.82, 2.24) is 15.3 Å². The fourth-order valence-electron chi connectivity index (χ4n) is 11.0. The first-order valence-corrected chi connectivity index (χ1v) is 19.4. The van der Waals surface area contributed by atoms with Crippen LogP contribution in [0.15, 0.2) is 40.1 Å². The Morgan fingerprint density at radius 3 is 2.47 bits per heavy atom. The van der Waals surface area contributed by atoms with Crippen molar-refractivity contribution in [3.05, 3.63) is 52.6 Å². The molecule has 0 saturated heterocycles. The van der Waals surface area contributed by atoms with E-state index in [2.05, 4.69) is 29.1 Å². The van der Waals surface area contributed by atoms with Gasteiger partial charge in [0.25, 0.3) is 0 Å². The topological polar surface area (TPSA) is 198 Å². The van der Waals surface area contributed by atoms with Crippen LogP contribution in [-0.4, -0.2) is 67.8 Å². The molecule has 2 aromatic rings. The van der Waals surface area contributed by atoms with E-state index < -0.39 is 40.7 Å². The third-order valence-electron chi connectivity index (χ3n) is 13.6. The van der Waals surface area contributed by atoms with Gasteiger partial charge in [-0.3, -0.25) is 14.4 Å². The highest BCUT2D eigenvalue weighted by Gasteiger charge is 2.70. The molecule has 0 bridgehead atoms. The molecule has 6 rings (SSSR count). The lowest BCUT2D eigenvalue weighted by atomic mass is 9.43. The molecule has 2 heterocycles. The van der Waals surface area contributed by atoms with Crippen LogP contribution in [0.5, 0.6) is 0 Å². The van der Waals surface area contributed by atoms with Gasteiger partial charge in [-0.05, 0) is 92.6 Å². The number of fused-ring (bicyclic) bond motifs is 5. The van der Waals surface area contributed by atoms with Gasteiger partial charge in [0, 0.05) is 61.9 Å². The minimum absolute atomic E-state index is 0.00664. The van der Waals surface area contributed by atoms with E-state index >= 15 is 0 Å². The molecule has 4 aliphatic rings. The van der Waals surface area contributed by atoms with Crippen LogP contribution in [0.1, 0.15) is 128 Å². The van der Waals surface area contributed by atoms with E-state index in [1.165, 1.54) is 31.8 Å². The predicted octanol–water partition coefficient (Wildman–Crippen LogP) is 5.21. The van der Waals surface area contributed by atoms with Crippen LogP contribution in [-0.2, 0) is 35.1 Å². The Kier molecular flexibility index (Phi) is 11.5. The normalized spacial score (nSPS) is 33.8. The van der Waals surface area contributed by atoms with Crippen LogP contribution < -0.4 is 10.9 Å². The van der Waals surface area contributed by atoms with Crippen LogP contribution in [0, 0.1) is 28.6 Å². The molecule has 4 aliphatic carbocycles. The van der Waals surface area contributed by atoms with Crippen LogP contribution in [0.3, 0.4) is 0 Å². The van der Waals surface area contributed by atoms with E-state index in [0.717, 1.165) is 63.4 Å². The standard InChI is InChI=1S/C40H55N3O10/c1-24(44)52-32-20-40(50)30-12-11-26-18-28(14-16-38(26,2)29(30)15-17-39(40,3)36(32)25-10-13-34(46)51-22-25)53-35(47)9-7-5-4-6-8-33(45)43-31(37(48)49)19-27-21-41-23-42-27/h10,13,21-23,26,28-32,36,50H,4-9,11-12,14-20H2,1-3H3,(H,41,42)(H,43,45)(H,48,49). The number of rotatable bonds is 14. The second kappa shape index (κ2) is 15.8. The maximum atomic E-state index is 12.9. The number of carbonyl (C=O) groups excluding carboxylic acids is 3. The summed E-state index contributed by atoms with van der Waals surface area (Å²) in [5.74, 6) is -1.59. The van der Waals surface area contributed by atoms with Crippen molar-refractivity contribution in [2.45, 2.75) is 147 Å². The summed E-state index contributed by atoms with van der Waals surface area (Å²) in [6.07, 6.45) is 13.6. The van der Waals surface area contributed by atoms with Gasteiger partial charge < -0.3 is 34.4 Å². The molecular weight excluding hydrogens is 682 g/mol. The lowest BCUT2D eigenvalue weighted by Crippen LogP contribution is -2.62. The number of carboxylic acids is 1. The number of nitrogens with one attached hydrogen (secondary N) is 2. The first-order valence-electron chi connectivity index (χ1n) is 19.4. The molecule has 1 amide bonds. The van der Waals surface area contributed by atoms with Gasteiger partial charge in [0.05, 0.1) is 18.2 Å². The molecule has 0 radical (unpaired) electrons. The number of hydrogen-bond donors (Lipinski definition) is 4. The predicted molar refractivity (Wildman–Crippen MR) is 191 cm³/mol. The van der Waals surface area contributed by atoms with E-state index in [9.17, 15) is 34.2 Å². The number of aromatic amines is 1. The minimum atomic E-state index is -1.10. The second-order valence-electron chi connectivity index (χ2n) is 16.6. The number of aromatic nitrogens is 2. The fraction of sp³-hybridized carbons (Fsp3) is 0.700. The number of amides is 1. The molecule has 13 heteroatoms. The summed E-state index contributed by atoms with van der Waals surface area (Å²) in [5.41, 5.74) is -0.674. The number of aliphatic hydroxyl groups is 1. The Hall–Kier alpha value is -4.00. The Balaban J connectivity index is 0.967. The fourth-order valence-corrected chi connectivity index (χ4v) is 11.0. The van der Waals surface area contributed by atoms with Crippen molar-refractivity contribution in [1.29, 1.82) is 0 Å². The Morgan fingerprint density at radius 2 is 1.79 bits per heavy atom. The van der Waals surface area contributed by atoms with Gasteiger partial charge in [0.1, 0.15) is 18.2 Å². The van der Waals surface area contributed by atoms with Crippen molar-refractivity contribution in [3.8, 4) is 0 Å². The molecule has 4 N–H and O–H groups in total. The molecular formula is C40H55N3O10. The van der Waals surface area contributed by atoms with Crippen molar-refractivity contribution in [2.24, 2.45) is 28.6 Å². The number of esters is 2. The van der Waals surface area contributed by atoms with Crippen molar-refractivity contribution in [3.63, 3.8) is 0 Å². The van der Waals surface area contributed by atoms with Crippen LogP contribution in [0.25, 0.3) is 0 Å². The average Bonchev–Trinajstić information content (AvgIpc) is 3.69. The number of nitrogens with zero attached hydrogens (tertiary/aromatic N) is 1. The summed E-state index contributed by atoms with van der Waals surface area (Å²) in [6.45, 7) is 5.88. The maximum Gasteiger partial charge on any atom is 0.335 e. The molecule has 0 aromatic carbocycles. The number of aliphatic carboxylic acids is 1. The second-order valence-corrected chi connectivity index (χ2v) is 16.6. The smallest absolute Gasteiger partial charge is 0.335 e. The zero-order valence-electron chi connectivity index (χ0n) is 31.1. The van der Waals surface area contributed by atoms with Crippen LogP contribution in [0.4, 0.5) is 0 Å². The number of carbonyl (C=O) groups is 4. The van der Waals surface area contributed by atoms with E-state index in [1.54, 1.807) is 6.07 Å². The maximum absolute atomic E-state index is 12.9. The third-order valence-corrected chi connectivity index (χ3v) is 13.6. The molecule has 0 aliphatic heterocycles. The molecule has 4 saturated carbocycles. The summed E-state index contributed by atoms with van der Waals surface area (Å²) in [5, 5.41) is 24.8. The first-order chi connectivity index (χ1) is 25.2. The number of hydrogen-bond acceptors (Lipinski definition) is 10. The third kappa shape index (κ3) is 7.95. The highest BCUT2D eigenvalue weighted by atomic mass is 16.5. The van der Waals surface area contributed by atoms with Crippen LogP contribution >= 0.6 is 0 Å². The molecule has 290 valence electrons. The summed E-state index contributed by atoms with van der Waals surface area (Å²) >= 11 is 0. The van der Waals surface area contributed by atoms with Gasteiger partial charge >= 0.3 is 23.5 Å². The number of ether oxygens (including phenoxy) is 2. The Bertz CT molecular complexity index is 1670. The van der Waals surface area contributed by atoms with E-state index in [-0.39, 0.29) is 54.0 Å². The van der Waals surface area contributed by atoms with Gasteiger partial charge in [-0.15, -0.1) is 0 Å². The number of H-pyrrole nitrogens is 1. The minimum Gasteiger partial charge on any atom is -0.480 e. The Morgan fingerprint density at radius 1 is 1.02 bits per heavy atom. The number of imidazole rings is 1. The van der Waals surface area contributed by atoms with Gasteiger partial charge in [0.2, 0.25) is 5.91 Å². The van der Waals surface area contributed by atoms with Crippen molar-refractivity contribution >= 4 is 23.8 Å². The molecule has 2 aromatic heterocycles. The lowest BCUT2D eigenvalue weighted by molar-refractivity contribution is -0.207. The zero-order valence-corrected chi connectivity index (χ0v) is 31.1. The zero-order chi connectivity index (χ0) is 38.0. The highest BCUT2D eigenvalue weighted by molar-refractivity contribution is 5.83. The van der Waals surface area contributed by atoms with Gasteiger partial charge in [-0.1, -0.05) is 26.7 Å². The Labute approximate surface area is 310 Å². The number of carboxylic acid groups (broad SMARTS) is 1. The van der Waals surface area contributed by atoms with Crippen molar-refractivity contribution < 1.29 is 43.3 Å². The average molecular weight is 738 g/mol. The molecule has 10 atom stereocenters. The highest BCUT2D eigenvalue weighted by Crippen LogP contribution is 2.71. The first kappa shape index (κ1) is 38.7. The summed E-state index contributed by atoms with van der Waals surface area (Å²) < 4.78 is 17.1. The van der Waals surface area contributed by atoms with E-state index in [4.69, 9.17) is 13.9 Å². The van der Waals surface area contributed by atoms with Gasteiger partial charge in [-0.25, -0.2) is 14.6 Å². The molecule has 0 spiro atoms. The number of unbranched alkanes of at least 4 members (excludes halogenated alkanes) is 3. The molecule has 53 heavy (non-hydrogen) atoms. The van der Waals surface area contributed by atoms with Gasteiger partial charge in [-0.2, -0.15) is 0 Å². The largest absolute Gasteiger partial charge is 0.480 e. The van der Waals surface area contributed by atoms with E-state index in [1.807, 2.05) is 0 Å². The lowest BCUT2D eigenvalue weighted by Gasteiger charge is -2.63. The van der Waals surface area contributed by atoms with Gasteiger partial charge in [0.15, 0.2) is 0 Å². The van der Waals surface area contributed by atoms with E-state index in [0.29, 0.717) is 37.3 Å². The summed E-state index contributed by atoms with van der Waals surface area (Å²) in [4.78, 5) is 67.5. The van der Waals surface area contributed by atoms with Crippen molar-refractivity contribution in [2.75, 3.05) is 0 Å². The summed E-state index contributed by atoms with van der Waals surface area (Å²) in [7, 11) is 0. The SMILES string of the molecule is CC(=O)OC1CC2(O)C3CCC4CC(OC(=O)CCCCCCC(=O)NC(Cc5cnc[nH]5)C(=O)O)CCC4(C)C3CCC2(C)C1c1ccc(=O)oc1.